The fraction of sp³-hybridized carbons (Fsp3) is 0.889. The number of aliphatic hydroxyl groups excluding tert-OH is 1. The van der Waals surface area contributed by atoms with Crippen molar-refractivity contribution < 1.29 is 24.5 Å². The number of aliphatic carboxylic acids is 1. The lowest BCUT2D eigenvalue weighted by molar-refractivity contribution is -0.215. The Kier molecular flexibility index (Phi) is 7.45. The Morgan fingerprint density at radius 2 is 1.63 bits per heavy atom. The van der Waals surface area contributed by atoms with Crippen molar-refractivity contribution in [3.8, 4) is 0 Å². The zero-order valence-electron chi connectivity index (χ0n) is 27.4. The topological polar surface area (TPSA) is 83.8 Å². The van der Waals surface area contributed by atoms with E-state index in [0.717, 1.165) is 38.5 Å². The van der Waals surface area contributed by atoms with Gasteiger partial charge in [0, 0.05) is 17.4 Å². The molecule has 0 aromatic rings. The van der Waals surface area contributed by atoms with Crippen LogP contribution < -0.4 is 0 Å². The lowest BCUT2D eigenvalue weighted by Crippen LogP contribution is -2.65. The van der Waals surface area contributed by atoms with E-state index in [1.807, 2.05) is 0 Å². The molecule has 2 N–H and O–H groups in total. The maximum absolute atomic E-state index is 12.9. The van der Waals surface area contributed by atoms with Gasteiger partial charge in [-0.25, -0.2) is 0 Å². The highest BCUT2D eigenvalue weighted by Crippen LogP contribution is 2.75. The molecular formula is C36H58O5. The predicted octanol–water partition coefficient (Wildman–Crippen LogP) is 8.05. The van der Waals surface area contributed by atoms with Crippen molar-refractivity contribution in [2.45, 2.75) is 133 Å². The average Bonchev–Trinajstić information content (AvgIpc) is 2.88. The largest absolute Gasteiger partial charge is 0.481 e. The van der Waals surface area contributed by atoms with Crippen molar-refractivity contribution in [3.63, 3.8) is 0 Å². The van der Waals surface area contributed by atoms with Gasteiger partial charge in [-0.15, -0.1) is 0 Å². The van der Waals surface area contributed by atoms with Crippen molar-refractivity contribution >= 4 is 11.9 Å². The third-order valence-electron chi connectivity index (χ3n) is 14.9. The lowest BCUT2D eigenvalue weighted by atomic mass is 9.33. The number of rotatable bonds is 5. The van der Waals surface area contributed by atoms with Gasteiger partial charge >= 0.3 is 11.9 Å². The number of hydrogen-bond acceptors (Lipinski definition) is 4. The highest BCUT2D eigenvalue weighted by Gasteiger charge is 2.68. The highest BCUT2D eigenvalue weighted by molar-refractivity contribution is 5.81. The van der Waals surface area contributed by atoms with Crippen LogP contribution in [0.15, 0.2) is 11.6 Å². The van der Waals surface area contributed by atoms with Gasteiger partial charge < -0.3 is 14.9 Å². The quantitative estimate of drug-likeness (QED) is 0.258. The van der Waals surface area contributed by atoms with E-state index in [-0.39, 0.29) is 45.6 Å². The number of carbonyl (C=O) groups excluding carboxylic acids is 1. The first-order chi connectivity index (χ1) is 18.9. The van der Waals surface area contributed by atoms with Crippen molar-refractivity contribution in [1.29, 1.82) is 0 Å². The zero-order valence-corrected chi connectivity index (χ0v) is 27.4. The zero-order chi connectivity index (χ0) is 30.4. The Morgan fingerprint density at radius 3 is 2.27 bits per heavy atom. The fourth-order valence-corrected chi connectivity index (χ4v) is 11.7. The number of aliphatic hydroxyl groups is 1. The number of carboxylic acids is 1. The number of allylic oxidation sites excluding steroid dienone is 2. The lowest BCUT2D eigenvalue weighted by Gasteiger charge is -2.71. The first kappa shape index (κ1) is 31.1. The molecule has 0 radical (unpaired) electrons. The fourth-order valence-electron chi connectivity index (χ4n) is 11.7. The summed E-state index contributed by atoms with van der Waals surface area (Å²) in [5.74, 6) is 1.45. The number of hydrogen-bond donors (Lipinski definition) is 2. The smallest absolute Gasteiger partial charge is 0.309 e. The van der Waals surface area contributed by atoms with Crippen LogP contribution in [0.3, 0.4) is 0 Å². The minimum Gasteiger partial charge on any atom is -0.481 e. The summed E-state index contributed by atoms with van der Waals surface area (Å²) < 4.78 is 6.12. The first-order valence-corrected chi connectivity index (χ1v) is 16.6. The normalized spacial score (nSPS) is 47.1. The minimum absolute atomic E-state index is 0.0563. The summed E-state index contributed by atoms with van der Waals surface area (Å²) in [5, 5.41) is 20.3. The molecule has 5 heteroatoms. The van der Waals surface area contributed by atoms with Crippen molar-refractivity contribution in [2.24, 2.45) is 62.1 Å². The maximum Gasteiger partial charge on any atom is 0.309 e. The number of esters is 1. The monoisotopic (exact) mass is 570 g/mol. The van der Waals surface area contributed by atoms with E-state index >= 15 is 0 Å². The average molecular weight is 571 g/mol. The van der Waals surface area contributed by atoms with E-state index in [1.165, 1.54) is 19.3 Å². The van der Waals surface area contributed by atoms with E-state index in [0.29, 0.717) is 36.2 Å². The Labute approximate surface area is 249 Å². The molecule has 5 aliphatic rings. The van der Waals surface area contributed by atoms with E-state index in [2.05, 4.69) is 54.5 Å². The second-order valence-corrected chi connectivity index (χ2v) is 17.4. The van der Waals surface area contributed by atoms with Crippen molar-refractivity contribution in [2.75, 3.05) is 6.61 Å². The molecule has 0 aliphatic heterocycles. The number of carbonyl (C=O) groups is 2. The molecule has 0 amide bonds. The van der Waals surface area contributed by atoms with E-state index < -0.39 is 11.4 Å². The summed E-state index contributed by atoms with van der Waals surface area (Å²) in [6.45, 7) is 20.7. The van der Waals surface area contributed by atoms with Crippen LogP contribution in [0.25, 0.3) is 0 Å². The molecule has 0 aromatic heterocycles. The van der Waals surface area contributed by atoms with Gasteiger partial charge in [-0.1, -0.05) is 60.1 Å². The van der Waals surface area contributed by atoms with Gasteiger partial charge in [-0.2, -0.15) is 0 Å². The molecule has 10 atom stereocenters. The maximum atomic E-state index is 12.9. The van der Waals surface area contributed by atoms with Gasteiger partial charge in [0.15, 0.2) is 0 Å². The molecule has 0 spiro atoms. The third-order valence-corrected chi connectivity index (χ3v) is 14.9. The molecule has 232 valence electrons. The van der Waals surface area contributed by atoms with Gasteiger partial charge in [0.25, 0.3) is 0 Å². The van der Waals surface area contributed by atoms with Crippen molar-refractivity contribution in [3.05, 3.63) is 11.6 Å². The predicted molar refractivity (Wildman–Crippen MR) is 162 cm³/mol. The highest BCUT2D eigenvalue weighted by atomic mass is 16.5. The SMILES string of the molecule is C[C@H]1[C@H](C)CC[C@]2(CO)CC[C@]3(C)C(=CC[C@@H]4[C@@]5(C)CC[C@H](OC(=O)CC(C)(C)C(=O)O)C(C)(C)[C@@H]5CC[C@]43C)[C@H]12. The summed E-state index contributed by atoms with van der Waals surface area (Å²) in [4.78, 5) is 24.6. The standard InChI is InChI=1S/C36H58O5/c1-22-12-17-36(21-37)19-18-34(8)24(29(36)23(22)2)10-11-26-33(7)15-14-27(41-28(38)20-31(3,4)30(39)40)32(5,6)25(33)13-16-35(26,34)9/h10,22-23,25-27,29,37H,11-21H2,1-9H3,(H,39,40)/t22-,23+,25+,26-,27+,29+,33+,34-,35-,36-/m1/s1. The van der Waals surface area contributed by atoms with Crippen LogP contribution in [0, 0.1) is 62.1 Å². The Hall–Kier alpha value is -1.36. The molecule has 0 aromatic carbocycles. The Bertz CT molecular complexity index is 1110. The minimum atomic E-state index is -1.13. The van der Waals surface area contributed by atoms with Gasteiger partial charge in [0.1, 0.15) is 6.10 Å². The molecule has 41 heavy (non-hydrogen) atoms. The molecule has 0 bridgehead atoms. The number of carboxylic acid groups (broad SMARTS) is 1. The molecule has 5 nitrogen and oxygen atoms in total. The summed E-state index contributed by atoms with van der Waals surface area (Å²) >= 11 is 0. The third kappa shape index (κ3) is 4.32. The molecule has 5 aliphatic carbocycles. The van der Waals surface area contributed by atoms with Gasteiger partial charge in [0.2, 0.25) is 0 Å². The molecule has 0 unspecified atom stereocenters. The van der Waals surface area contributed by atoms with Crippen LogP contribution >= 0.6 is 0 Å². The van der Waals surface area contributed by atoms with Crippen LogP contribution in [0.5, 0.6) is 0 Å². The molecule has 0 saturated heterocycles. The Balaban J connectivity index is 1.44. The molecular weight excluding hydrogens is 512 g/mol. The first-order valence-electron chi connectivity index (χ1n) is 16.6. The van der Waals surface area contributed by atoms with E-state index in [9.17, 15) is 19.8 Å². The molecule has 5 rings (SSSR count). The molecule has 0 heterocycles. The summed E-state index contributed by atoms with van der Waals surface area (Å²) in [6.07, 6.45) is 12.4. The van der Waals surface area contributed by atoms with Gasteiger partial charge in [0.05, 0.1) is 11.8 Å². The van der Waals surface area contributed by atoms with E-state index in [4.69, 9.17) is 4.74 Å². The van der Waals surface area contributed by atoms with Crippen LogP contribution in [0.2, 0.25) is 0 Å². The summed E-state index contributed by atoms with van der Waals surface area (Å²) in [7, 11) is 0. The molecule has 4 fully saturated rings. The number of ether oxygens (including phenoxy) is 1. The second-order valence-electron chi connectivity index (χ2n) is 17.4. The summed E-state index contributed by atoms with van der Waals surface area (Å²) in [6, 6.07) is 0. The van der Waals surface area contributed by atoms with Crippen LogP contribution in [-0.4, -0.2) is 34.9 Å². The van der Waals surface area contributed by atoms with E-state index in [1.54, 1.807) is 19.4 Å². The van der Waals surface area contributed by atoms with Crippen LogP contribution in [0.1, 0.15) is 127 Å². The molecule has 4 saturated carbocycles. The van der Waals surface area contributed by atoms with Gasteiger partial charge in [-0.05, 0) is 117 Å². The number of fused-ring (bicyclic) bond motifs is 7. The van der Waals surface area contributed by atoms with Crippen LogP contribution in [0.4, 0.5) is 0 Å². The van der Waals surface area contributed by atoms with Crippen LogP contribution in [-0.2, 0) is 14.3 Å². The van der Waals surface area contributed by atoms with Gasteiger partial charge in [-0.3, -0.25) is 9.59 Å². The Morgan fingerprint density at radius 1 is 0.951 bits per heavy atom. The second kappa shape index (κ2) is 9.83. The summed E-state index contributed by atoms with van der Waals surface area (Å²) in [5.41, 5.74) is 0.945. The van der Waals surface area contributed by atoms with Crippen molar-refractivity contribution in [1.82, 2.24) is 0 Å².